The van der Waals surface area contributed by atoms with Crippen LogP contribution in [0.1, 0.15) is 32.8 Å². The van der Waals surface area contributed by atoms with E-state index in [1.54, 1.807) is 42.5 Å². The van der Waals surface area contributed by atoms with E-state index in [1.807, 2.05) is 45.0 Å². The van der Waals surface area contributed by atoms with Gasteiger partial charge in [-0.3, -0.25) is 9.10 Å². The van der Waals surface area contributed by atoms with Crippen molar-refractivity contribution in [3.05, 3.63) is 84.4 Å². The molecule has 0 unspecified atom stereocenters. The van der Waals surface area contributed by atoms with E-state index in [2.05, 4.69) is 5.32 Å². The smallest absolute Gasteiger partial charge is 0.264 e. The van der Waals surface area contributed by atoms with Crippen LogP contribution in [-0.4, -0.2) is 40.1 Å². The van der Waals surface area contributed by atoms with Gasteiger partial charge < -0.3 is 14.8 Å². The molecular formula is C28H34N2O5S. The maximum atomic E-state index is 13.5. The van der Waals surface area contributed by atoms with Gasteiger partial charge in [0.2, 0.25) is 5.91 Å². The lowest BCUT2D eigenvalue weighted by molar-refractivity contribution is -0.119. The minimum atomic E-state index is -4.00. The molecule has 0 radical (unpaired) electrons. The van der Waals surface area contributed by atoms with Gasteiger partial charge in [0.25, 0.3) is 10.0 Å². The Morgan fingerprint density at radius 3 is 2.28 bits per heavy atom. The largest absolute Gasteiger partial charge is 0.492 e. The molecule has 0 saturated heterocycles. The number of benzene rings is 3. The van der Waals surface area contributed by atoms with Crippen molar-refractivity contribution in [2.75, 3.05) is 24.0 Å². The number of ether oxygens (including phenoxy) is 2. The van der Waals surface area contributed by atoms with Crippen LogP contribution in [0.3, 0.4) is 0 Å². The zero-order valence-corrected chi connectivity index (χ0v) is 21.8. The Kier molecular flexibility index (Phi) is 9.76. The third-order valence-corrected chi connectivity index (χ3v) is 7.09. The highest BCUT2D eigenvalue weighted by atomic mass is 32.2. The number of anilines is 1. The second kappa shape index (κ2) is 13.0. The Morgan fingerprint density at radius 1 is 0.944 bits per heavy atom. The van der Waals surface area contributed by atoms with Gasteiger partial charge in [0, 0.05) is 6.54 Å². The number of rotatable bonds is 13. The summed E-state index contributed by atoms with van der Waals surface area (Å²) in [5.41, 5.74) is 1.46. The quantitative estimate of drug-likeness (QED) is 0.334. The van der Waals surface area contributed by atoms with Crippen LogP contribution < -0.4 is 19.1 Å². The summed E-state index contributed by atoms with van der Waals surface area (Å²) in [4.78, 5) is 13.0. The first kappa shape index (κ1) is 27.1. The molecule has 1 amide bonds. The molecule has 0 saturated carbocycles. The van der Waals surface area contributed by atoms with Crippen molar-refractivity contribution >= 4 is 21.6 Å². The van der Waals surface area contributed by atoms with Gasteiger partial charge in [-0.1, -0.05) is 42.5 Å². The summed E-state index contributed by atoms with van der Waals surface area (Å²) in [7, 11) is -4.00. The molecule has 0 fully saturated rings. The van der Waals surface area contributed by atoms with Crippen LogP contribution in [0, 0.1) is 0 Å². The fourth-order valence-electron chi connectivity index (χ4n) is 3.67. The fraction of sp³-hybridized carbons (Fsp3) is 0.321. The predicted octanol–water partition coefficient (Wildman–Crippen LogP) is 4.82. The normalized spacial score (nSPS) is 11.2. The molecule has 3 aromatic rings. The van der Waals surface area contributed by atoms with Crippen molar-refractivity contribution in [1.82, 2.24) is 5.32 Å². The number of aryl methyl sites for hydroxylation is 1. The lowest BCUT2D eigenvalue weighted by atomic mass is 10.1. The Bertz CT molecular complexity index is 1210. The summed E-state index contributed by atoms with van der Waals surface area (Å²) in [6.45, 7) is 6.23. The van der Waals surface area contributed by atoms with Crippen molar-refractivity contribution in [1.29, 1.82) is 0 Å². The highest BCUT2D eigenvalue weighted by Crippen LogP contribution is 2.32. The van der Waals surface area contributed by atoms with Gasteiger partial charge in [-0.05, 0) is 75.6 Å². The minimum absolute atomic E-state index is 0.106. The van der Waals surface area contributed by atoms with Gasteiger partial charge in [-0.2, -0.15) is 0 Å². The molecule has 0 heterocycles. The number of para-hydroxylation sites is 2. The number of nitrogens with zero attached hydrogens (tertiary/aromatic N) is 1. The molecule has 3 aromatic carbocycles. The zero-order valence-electron chi connectivity index (χ0n) is 21.0. The second-order valence-corrected chi connectivity index (χ2v) is 10.4. The Morgan fingerprint density at radius 2 is 1.61 bits per heavy atom. The Labute approximate surface area is 214 Å². The number of carbonyl (C=O) groups excluding carboxylic acids is 1. The average molecular weight is 511 g/mol. The van der Waals surface area contributed by atoms with E-state index in [1.165, 1.54) is 12.1 Å². The van der Waals surface area contributed by atoms with Crippen LogP contribution in [0.5, 0.6) is 11.5 Å². The lowest BCUT2D eigenvalue weighted by Crippen LogP contribution is -2.41. The summed E-state index contributed by atoms with van der Waals surface area (Å²) >= 11 is 0. The van der Waals surface area contributed by atoms with Crippen molar-refractivity contribution in [2.45, 2.75) is 44.6 Å². The SMILES string of the molecule is CCOc1ccccc1N(CC(=O)NCCCc1ccc(OC(C)C)cc1)S(=O)(=O)c1ccccc1. The first-order valence-corrected chi connectivity index (χ1v) is 13.6. The van der Waals surface area contributed by atoms with Crippen molar-refractivity contribution in [3.63, 3.8) is 0 Å². The van der Waals surface area contributed by atoms with E-state index in [9.17, 15) is 13.2 Å². The van der Waals surface area contributed by atoms with Crippen molar-refractivity contribution < 1.29 is 22.7 Å². The number of hydrogen-bond acceptors (Lipinski definition) is 5. The van der Waals surface area contributed by atoms with E-state index in [0.29, 0.717) is 24.6 Å². The van der Waals surface area contributed by atoms with Crippen LogP contribution in [0.4, 0.5) is 5.69 Å². The molecule has 0 aliphatic rings. The standard InChI is InChI=1S/C28H34N2O5S/c1-4-34-27-15-9-8-14-26(27)30(36(32,33)25-12-6-5-7-13-25)21-28(31)29-20-10-11-23-16-18-24(19-17-23)35-22(2)3/h5-9,12-19,22H,4,10-11,20-21H2,1-3H3,(H,29,31). The summed E-state index contributed by atoms with van der Waals surface area (Å²) in [5, 5.41) is 2.86. The first-order valence-electron chi connectivity index (χ1n) is 12.1. The molecule has 1 N–H and O–H groups in total. The van der Waals surface area contributed by atoms with Crippen LogP contribution in [0.2, 0.25) is 0 Å². The number of nitrogens with one attached hydrogen (secondary N) is 1. The van der Waals surface area contributed by atoms with Gasteiger partial charge in [-0.15, -0.1) is 0 Å². The first-order chi connectivity index (χ1) is 17.3. The van der Waals surface area contributed by atoms with E-state index in [-0.39, 0.29) is 23.5 Å². The van der Waals surface area contributed by atoms with Gasteiger partial charge in [-0.25, -0.2) is 8.42 Å². The average Bonchev–Trinajstić information content (AvgIpc) is 2.87. The highest BCUT2D eigenvalue weighted by Gasteiger charge is 2.29. The number of amides is 1. The Hall–Kier alpha value is -3.52. The van der Waals surface area contributed by atoms with Gasteiger partial charge in [0.15, 0.2) is 0 Å². The summed E-state index contributed by atoms with van der Waals surface area (Å²) in [6.07, 6.45) is 1.62. The molecule has 7 nitrogen and oxygen atoms in total. The highest BCUT2D eigenvalue weighted by molar-refractivity contribution is 7.92. The fourth-order valence-corrected chi connectivity index (χ4v) is 5.13. The van der Waals surface area contributed by atoms with E-state index >= 15 is 0 Å². The summed E-state index contributed by atoms with van der Waals surface area (Å²) < 4.78 is 39.5. The zero-order chi connectivity index (χ0) is 26.0. The van der Waals surface area contributed by atoms with Gasteiger partial charge in [0.05, 0.1) is 23.3 Å². The van der Waals surface area contributed by atoms with Crippen LogP contribution >= 0.6 is 0 Å². The molecule has 0 aliphatic carbocycles. The molecule has 0 atom stereocenters. The van der Waals surface area contributed by atoms with Crippen LogP contribution in [-0.2, 0) is 21.2 Å². The molecule has 0 spiro atoms. The van der Waals surface area contributed by atoms with Crippen LogP contribution in [0.25, 0.3) is 0 Å². The predicted molar refractivity (Wildman–Crippen MR) is 142 cm³/mol. The molecular weight excluding hydrogens is 476 g/mol. The minimum Gasteiger partial charge on any atom is -0.492 e. The molecule has 3 rings (SSSR count). The van der Waals surface area contributed by atoms with Crippen LogP contribution in [0.15, 0.2) is 83.8 Å². The third-order valence-electron chi connectivity index (χ3n) is 5.31. The van der Waals surface area contributed by atoms with Gasteiger partial charge in [0.1, 0.15) is 18.0 Å². The van der Waals surface area contributed by atoms with E-state index in [0.717, 1.165) is 28.5 Å². The lowest BCUT2D eigenvalue weighted by Gasteiger charge is -2.26. The van der Waals surface area contributed by atoms with E-state index < -0.39 is 10.0 Å². The molecule has 192 valence electrons. The summed E-state index contributed by atoms with van der Waals surface area (Å²) in [6, 6.07) is 22.8. The number of hydrogen-bond donors (Lipinski definition) is 1. The number of sulfonamides is 1. The second-order valence-electron chi connectivity index (χ2n) is 8.49. The molecule has 0 bridgehead atoms. The topological polar surface area (TPSA) is 84.9 Å². The Balaban J connectivity index is 1.67. The van der Waals surface area contributed by atoms with E-state index in [4.69, 9.17) is 9.47 Å². The monoisotopic (exact) mass is 510 g/mol. The van der Waals surface area contributed by atoms with Crippen molar-refractivity contribution in [3.8, 4) is 11.5 Å². The molecule has 8 heteroatoms. The molecule has 0 aromatic heterocycles. The maximum absolute atomic E-state index is 13.5. The van der Waals surface area contributed by atoms with Gasteiger partial charge >= 0.3 is 0 Å². The number of carbonyl (C=O) groups is 1. The molecule has 0 aliphatic heterocycles. The van der Waals surface area contributed by atoms with Crippen molar-refractivity contribution in [2.24, 2.45) is 0 Å². The molecule has 36 heavy (non-hydrogen) atoms. The maximum Gasteiger partial charge on any atom is 0.264 e. The summed E-state index contributed by atoms with van der Waals surface area (Å²) in [5.74, 6) is 0.841. The third kappa shape index (κ3) is 7.49.